The quantitative estimate of drug-likeness (QED) is 0.730. The average molecular weight is 205 g/mol. The summed E-state index contributed by atoms with van der Waals surface area (Å²) in [6, 6.07) is 8.40. The van der Waals surface area contributed by atoms with Crippen LogP contribution < -0.4 is 0 Å². The number of aromatic amines is 1. The Morgan fingerprint density at radius 1 is 1.20 bits per heavy atom. The van der Waals surface area contributed by atoms with Crippen LogP contribution in [0.5, 0.6) is 0 Å². The van der Waals surface area contributed by atoms with E-state index in [2.05, 4.69) is 29.2 Å². The summed E-state index contributed by atoms with van der Waals surface area (Å²) >= 11 is 0. The van der Waals surface area contributed by atoms with E-state index in [1.54, 1.807) is 0 Å². The maximum Gasteiger partial charge on any atom is 0.0697 e. The zero-order chi connectivity index (χ0) is 10.5. The van der Waals surface area contributed by atoms with Gasteiger partial charge in [-0.2, -0.15) is 0 Å². The first kappa shape index (κ1) is 10.2. The first-order chi connectivity index (χ1) is 7.40. The van der Waals surface area contributed by atoms with E-state index >= 15 is 0 Å². The zero-order valence-electron chi connectivity index (χ0n) is 8.57. The van der Waals surface area contributed by atoms with Crippen LogP contribution in [0.15, 0.2) is 30.5 Å². The highest BCUT2D eigenvalue weighted by atomic mass is 16.5. The van der Waals surface area contributed by atoms with Gasteiger partial charge in [0.1, 0.15) is 0 Å². The molecule has 80 valence electrons. The molecule has 0 aliphatic carbocycles. The molecule has 0 aliphatic rings. The fourth-order valence-corrected chi connectivity index (χ4v) is 1.61. The first-order valence-corrected chi connectivity index (χ1v) is 5.15. The summed E-state index contributed by atoms with van der Waals surface area (Å²) in [5, 5.41) is 9.78. The number of ether oxygens (including phenoxy) is 1. The van der Waals surface area contributed by atoms with Gasteiger partial charge in [0.2, 0.25) is 0 Å². The molecule has 3 nitrogen and oxygen atoms in total. The lowest BCUT2D eigenvalue weighted by Gasteiger charge is -2.02. The maximum atomic E-state index is 8.55. The van der Waals surface area contributed by atoms with Crippen LogP contribution in [-0.4, -0.2) is 29.9 Å². The molecule has 0 bridgehead atoms. The van der Waals surface area contributed by atoms with Crippen LogP contribution in [0.2, 0.25) is 0 Å². The Balaban J connectivity index is 1.96. The van der Waals surface area contributed by atoms with E-state index in [1.807, 2.05) is 6.20 Å². The molecule has 0 unspecified atom stereocenters. The Hall–Kier alpha value is -1.32. The van der Waals surface area contributed by atoms with Crippen LogP contribution in [0, 0.1) is 0 Å². The van der Waals surface area contributed by atoms with Gasteiger partial charge in [-0.3, -0.25) is 0 Å². The molecule has 2 N–H and O–H groups in total. The third-order valence-corrected chi connectivity index (χ3v) is 2.39. The Bertz CT molecular complexity index is 422. The molecule has 0 saturated heterocycles. The Labute approximate surface area is 88.7 Å². The van der Waals surface area contributed by atoms with Gasteiger partial charge in [0.25, 0.3) is 0 Å². The van der Waals surface area contributed by atoms with Crippen molar-refractivity contribution in [2.75, 3.05) is 19.8 Å². The van der Waals surface area contributed by atoms with E-state index in [-0.39, 0.29) is 6.61 Å². The molecule has 15 heavy (non-hydrogen) atoms. The molecule has 0 saturated carbocycles. The maximum absolute atomic E-state index is 8.55. The van der Waals surface area contributed by atoms with Crippen molar-refractivity contribution in [2.45, 2.75) is 6.42 Å². The lowest BCUT2D eigenvalue weighted by Crippen LogP contribution is -2.03. The Morgan fingerprint density at radius 3 is 3.00 bits per heavy atom. The zero-order valence-corrected chi connectivity index (χ0v) is 8.57. The molecular formula is C12H15NO2. The number of nitrogens with one attached hydrogen (secondary N) is 1. The van der Waals surface area contributed by atoms with Crippen LogP contribution in [0.25, 0.3) is 10.9 Å². The van der Waals surface area contributed by atoms with Gasteiger partial charge in [-0.15, -0.1) is 0 Å². The summed E-state index contributed by atoms with van der Waals surface area (Å²) in [5.74, 6) is 0. The minimum absolute atomic E-state index is 0.0941. The first-order valence-electron chi connectivity index (χ1n) is 5.15. The van der Waals surface area contributed by atoms with E-state index in [0.29, 0.717) is 13.2 Å². The monoisotopic (exact) mass is 205 g/mol. The van der Waals surface area contributed by atoms with Crippen LogP contribution in [-0.2, 0) is 11.2 Å². The van der Waals surface area contributed by atoms with E-state index in [4.69, 9.17) is 9.84 Å². The lowest BCUT2D eigenvalue weighted by atomic mass is 10.1. The SMILES string of the molecule is OCCOCCc1ccc2[nH]ccc2c1. The summed E-state index contributed by atoms with van der Waals surface area (Å²) < 4.78 is 5.22. The molecule has 0 atom stereocenters. The summed E-state index contributed by atoms with van der Waals surface area (Å²) in [6.07, 6.45) is 2.83. The molecule has 0 radical (unpaired) electrons. The van der Waals surface area contributed by atoms with Gasteiger partial charge in [0.15, 0.2) is 0 Å². The number of aliphatic hydroxyl groups excluding tert-OH is 1. The second-order valence-electron chi connectivity index (χ2n) is 3.49. The highest BCUT2D eigenvalue weighted by Crippen LogP contribution is 2.14. The second-order valence-corrected chi connectivity index (χ2v) is 3.49. The predicted octanol–water partition coefficient (Wildman–Crippen LogP) is 1.72. The minimum Gasteiger partial charge on any atom is -0.394 e. The van der Waals surface area contributed by atoms with Crippen molar-refractivity contribution in [3.8, 4) is 0 Å². The number of H-pyrrole nitrogens is 1. The highest BCUT2D eigenvalue weighted by molar-refractivity contribution is 5.79. The summed E-state index contributed by atoms with van der Waals surface area (Å²) in [5.41, 5.74) is 2.43. The fraction of sp³-hybridized carbons (Fsp3) is 0.333. The summed E-state index contributed by atoms with van der Waals surface area (Å²) in [6.45, 7) is 1.18. The molecule has 0 aliphatic heterocycles. The second kappa shape index (κ2) is 4.96. The van der Waals surface area contributed by atoms with Crippen molar-refractivity contribution < 1.29 is 9.84 Å². The molecule has 0 spiro atoms. The van der Waals surface area contributed by atoms with Crippen molar-refractivity contribution in [1.82, 2.24) is 4.98 Å². The van der Waals surface area contributed by atoms with E-state index < -0.39 is 0 Å². The van der Waals surface area contributed by atoms with Crippen molar-refractivity contribution in [3.63, 3.8) is 0 Å². The standard InChI is InChI=1S/C12H15NO2/c14-6-8-15-7-4-10-1-2-12-11(9-10)3-5-13-12/h1-3,5,9,13-14H,4,6-8H2. The predicted molar refractivity (Wildman–Crippen MR) is 59.9 cm³/mol. The van der Waals surface area contributed by atoms with Gasteiger partial charge in [-0.05, 0) is 35.6 Å². The molecule has 1 aromatic carbocycles. The molecule has 3 heteroatoms. The lowest BCUT2D eigenvalue weighted by molar-refractivity contribution is 0.0944. The molecule has 2 rings (SSSR count). The smallest absolute Gasteiger partial charge is 0.0697 e. The van der Waals surface area contributed by atoms with Crippen LogP contribution in [0.4, 0.5) is 0 Å². The van der Waals surface area contributed by atoms with Gasteiger partial charge in [0.05, 0.1) is 19.8 Å². The number of fused-ring (bicyclic) bond motifs is 1. The van der Waals surface area contributed by atoms with Crippen molar-refractivity contribution in [1.29, 1.82) is 0 Å². The number of hydrogen-bond acceptors (Lipinski definition) is 2. The molecule has 2 aromatic rings. The van der Waals surface area contributed by atoms with Crippen molar-refractivity contribution >= 4 is 10.9 Å². The molecule has 1 heterocycles. The van der Waals surface area contributed by atoms with Gasteiger partial charge < -0.3 is 14.8 Å². The van der Waals surface area contributed by atoms with E-state index in [1.165, 1.54) is 10.9 Å². The number of hydrogen-bond donors (Lipinski definition) is 2. The molecule has 0 amide bonds. The van der Waals surface area contributed by atoms with Gasteiger partial charge in [0, 0.05) is 11.7 Å². The fourth-order valence-electron chi connectivity index (χ4n) is 1.61. The highest BCUT2D eigenvalue weighted by Gasteiger charge is 1.97. The van der Waals surface area contributed by atoms with Crippen LogP contribution in [0.3, 0.4) is 0 Å². The Kier molecular flexibility index (Phi) is 3.37. The molecular weight excluding hydrogens is 190 g/mol. The molecule has 1 aromatic heterocycles. The van der Waals surface area contributed by atoms with E-state index in [9.17, 15) is 0 Å². The number of rotatable bonds is 5. The van der Waals surface area contributed by atoms with Gasteiger partial charge in [-0.1, -0.05) is 6.07 Å². The summed E-state index contributed by atoms with van der Waals surface area (Å²) in [4.78, 5) is 3.16. The van der Waals surface area contributed by atoms with E-state index in [0.717, 1.165) is 11.9 Å². The number of aromatic nitrogens is 1. The topological polar surface area (TPSA) is 45.2 Å². The van der Waals surface area contributed by atoms with Crippen LogP contribution >= 0.6 is 0 Å². The third-order valence-electron chi connectivity index (χ3n) is 2.39. The summed E-state index contributed by atoms with van der Waals surface area (Å²) in [7, 11) is 0. The van der Waals surface area contributed by atoms with Gasteiger partial charge in [-0.25, -0.2) is 0 Å². The van der Waals surface area contributed by atoms with Crippen molar-refractivity contribution in [2.24, 2.45) is 0 Å². The van der Waals surface area contributed by atoms with Crippen LogP contribution in [0.1, 0.15) is 5.56 Å². The number of benzene rings is 1. The molecule has 0 fully saturated rings. The third kappa shape index (κ3) is 2.58. The normalized spacial score (nSPS) is 11.0. The van der Waals surface area contributed by atoms with Crippen molar-refractivity contribution in [3.05, 3.63) is 36.0 Å². The van der Waals surface area contributed by atoms with Gasteiger partial charge >= 0.3 is 0 Å². The largest absolute Gasteiger partial charge is 0.394 e. The number of aliphatic hydroxyl groups is 1. The minimum atomic E-state index is 0.0941. The Morgan fingerprint density at radius 2 is 2.13 bits per heavy atom. The average Bonchev–Trinajstić information content (AvgIpc) is 2.71.